The number of rotatable bonds is 0. The zero-order valence-corrected chi connectivity index (χ0v) is 27.4. The smallest absolute Gasteiger partial charge is 0.550 e. The molecule has 48 heavy (non-hydrogen) atoms. The molecule has 0 bridgehead atoms. The van der Waals surface area contributed by atoms with Gasteiger partial charge in [0, 0.05) is 48.7 Å². The molecule has 6 N–H and O–H groups in total. The standard InChI is InChI=1S/2C11H6N2O.4C2H4O2.2Cu.2H2O/c2*14-11-7-3-1-5-12-9(7)10-8(11)4-2-6-13-10;4*1-2(3)4;;;;/h2*1-6H;4*1H3,(H,3,4);;;2*1H2/q;;;;;;2*+2;;/p-2. The minimum Gasteiger partial charge on any atom is -0.550 e. The van der Waals surface area contributed by atoms with E-state index in [0.717, 1.165) is 27.7 Å². The van der Waals surface area contributed by atoms with E-state index < -0.39 is 23.9 Å². The van der Waals surface area contributed by atoms with Crippen LogP contribution in [0.4, 0.5) is 0 Å². The van der Waals surface area contributed by atoms with Gasteiger partial charge >= 0.3 is 34.1 Å². The van der Waals surface area contributed by atoms with Gasteiger partial charge in [-0.2, -0.15) is 0 Å². The number of hydrogen-bond donors (Lipinski definition) is 0. The van der Waals surface area contributed by atoms with Gasteiger partial charge in [-0.25, -0.2) is 0 Å². The molecule has 16 nitrogen and oxygen atoms in total. The molecule has 2 radical (unpaired) electrons. The molecular formula is C30H30Cu2N4O12+2. The minimum absolute atomic E-state index is 0. The molecule has 0 amide bonds. The van der Waals surface area contributed by atoms with E-state index in [0.29, 0.717) is 45.0 Å². The van der Waals surface area contributed by atoms with Gasteiger partial charge in [-0.3, -0.25) is 29.5 Å². The van der Waals surface area contributed by atoms with Crippen LogP contribution in [0.5, 0.6) is 0 Å². The number of aromatic nitrogens is 4. The van der Waals surface area contributed by atoms with E-state index in [1.165, 1.54) is 0 Å². The molecule has 0 fully saturated rings. The Kier molecular flexibility index (Phi) is 25.8. The first kappa shape index (κ1) is 49.7. The fourth-order valence-electron chi connectivity index (χ4n) is 3.40. The summed E-state index contributed by atoms with van der Waals surface area (Å²) in [7, 11) is 0. The van der Waals surface area contributed by atoms with E-state index in [2.05, 4.69) is 19.9 Å². The van der Waals surface area contributed by atoms with E-state index in [4.69, 9.17) is 39.6 Å². The maximum atomic E-state index is 11.8. The maximum absolute atomic E-state index is 11.8. The summed E-state index contributed by atoms with van der Waals surface area (Å²) in [6.07, 6.45) is 6.71. The van der Waals surface area contributed by atoms with Crippen LogP contribution in [0.2, 0.25) is 0 Å². The number of aliphatic carboxylic acids is 4. The van der Waals surface area contributed by atoms with Crippen LogP contribution >= 0.6 is 0 Å². The first-order chi connectivity index (χ1) is 20.7. The first-order valence-electron chi connectivity index (χ1n) is 12.3. The molecular weight excluding hydrogens is 735 g/mol. The van der Waals surface area contributed by atoms with Gasteiger partial charge in [0.15, 0.2) is 11.6 Å². The molecule has 0 atom stereocenters. The van der Waals surface area contributed by atoms with Crippen molar-refractivity contribution in [3.8, 4) is 22.8 Å². The van der Waals surface area contributed by atoms with Gasteiger partial charge in [-0.05, 0) is 76.2 Å². The zero-order valence-electron chi connectivity index (χ0n) is 25.6. The Morgan fingerprint density at radius 1 is 0.438 bits per heavy atom. The Balaban J connectivity index is -0.000000267. The van der Waals surface area contributed by atoms with Crippen molar-refractivity contribution in [1.29, 1.82) is 0 Å². The molecule has 4 aromatic rings. The Bertz CT molecular complexity index is 1430. The summed E-state index contributed by atoms with van der Waals surface area (Å²) in [5.41, 5.74) is 5.42. The molecule has 6 rings (SSSR count). The first-order valence-corrected chi connectivity index (χ1v) is 12.3. The van der Waals surface area contributed by atoms with Crippen LogP contribution in [0, 0.1) is 0 Å². The van der Waals surface area contributed by atoms with Crippen molar-refractivity contribution in [2.45, 2.75) is 27.7 Å². The summed E-state index contributed by atoms with van der Waals surface area (Å²) >= 11 is 0. The third-order valence-corrected chi connectivity index (χ3v) is 4.66. The van der Waals surface area contributed by atoms with Gasteiger partial charge in [0.1, 0.15) is 22.8 Å². The number of pyridine rings is 4. The zero-order chi connectivity index (χ0) is 33.4. The Labute approximate surface area is 294 Å². The summed E-state index contributed by atoms with van der Waals surface area (Å²) < 4.78 is 0. The summed E-state index contributed by atoms with van der Waals surface area (Å²) in [5, 5.41) is 35.6. The second-order valence-electron chi connectivity index (χ2n) is 8.22. The number of nitrogens with zero attached hydrogens (tertiary/aromatic N) is 4. The molecule has 4 aromatic heterocycles. The fourth-order valence-corrected chi connectivity index (χ4v) is 3.40. The van der Waals surface area contributed by atoms with E-state index in [9.17, 15) is 9.59 Å². The predicted molar refractivity (Wildman–Crippen MR) is 154 cm³/mol. The van der Waals surface area contributed by atoms with Crippen molar-refractivity contribution in [2.24, 2.45) is 0 Å². The monoisotopic (exact) mass is 764 g/mol. The molecule has 18 heteroatoms. The number of ketones is 2. The van der Waals surface area contributed by atoms with Crippen LogP contribution in [-0.4, -0.2) is 55.4 Å². The number of carboxylic acids is 4. The van der Waals surface area contributed by atoms with Crippen molar-refractivity contribution in [3.63, 3.8) is 0 Å². The molecule has 0 aromatic carbocycles. The summed E-state index contributed by atoms with van der Waals surface area (Å²) in [4.78, 5) is 75.8. The molecule has 0 unspecified atom stereocenters. The Hall–Kier alpha value is -5.22. The topological polar surface area (TPSA) is 312 Å². The van der Waals surface area contributed by atoms with E-state index >= 15 is 0 Å². The predicted octanol–water partition coefficient (Wildman–Crippen LogP) is -3.45. The summed E-state index contributed by atoms with van der Waals surface area (Å²) in [5.74, 6) is -4.28. The third-order valence-electron chi connectivity index (χ3n) is 4.66. The second kappa shape index (κ2) is 24.9. The Morgan fingerprint density at radius 2 is 0.583 bits per heavy atom. The molecule has 0 saturated heterocycles. The van der Waals surface area contributed by atoms with Crippen molar-refractivity contribution < 1.29 is 94.3 Å². The number of carbonyl (C=O) groups excluding carboxylic acids is 6. The number of hydrogen-bond acceptors (Lipinski definition) is 14. The van der Waals surface area contributed by atoms with Gasteiger partial charge in [-0.1, -0.05) is 0 Å². The number of fused-ring (bicyclic) bond motifs is 6. The van der Waals surface area contributed by atoms with Crippen LogP contribution in [0.3, 0.4) is 0 Å². The third kappa shape index (κ3) is 16.4. The molecule has 2 aliphatic rings. The van der Waals surface area contributed by atoms with Crippen molar-refractivity contribution in [1.82, 2.24) is 19.9 Å². The van der Waals surface area contributed by atoms with Gasteiger partial charge in [0.05, 0.1) is 22.3 Å². The van der Waals surface area contributed by atoms with Crippen LogP contribution in [-0.2, 0) is 64.3 Å². The second-order valence-corrected chi connectivity index (χ2v) is 8.22. The summed E-state index contributed by atoms with van der Waals surface area (Å²) in [6.45, 7) is 3.89. The van der Waals surface area contributed by atoms with E-state index in [-0.39, 0.29) is 56.7 Å². The minimum atomic E-state index is -1.08. The maximum Gasteiger partial charge on any atom is 2.00 e. The van der Waals surface area contributed by atoms with Gasteiger partial charge < -0.3 is 50.6 Å². The number of carbonyl (C=O) groups is 6. The van der Waals surface area contributed by atoms with Crippen LogP contribution in [0.25, 0.3) is 22.8 Å². The van der Waals surface area contributed by atoms with Crippen LogP contribution in [0.1, 0.15) is 59.5 Å². The largest absolute Gasteiger partial charge is 2.00 e. The number of carboxylic acid groups (broad SMARTS) is 4. The van der Waals surface area contributed by atoms with Crippen molar-refractivity contribution in [2.75, 3.05) is 0 Å². The molecule has 0 aliphatic heterocycles. The van der Waals surface area contributed by atoms with Gasteiger partial charge in [0.2, 0.25) is 0 Å². The van der Waals surface area contributed by atoms with Crippen LogP contribution < -0.4 is 20.4 Å². The van der Waals surface area contributed by atoms with E-state index in [1.54, 1.807) is 73.3 Å². The van der Waals surface area contributed by atoms with Crippen molar-refractivity contribution >= 4 is 35.4 Å². The molecule has 2 aliphatic carbocycles. The van der Waals surface area contributed by atoms with Gasteiger partial charge in [0.25, 0.3) is 0 Å². The van der Waals surface area contributed by atoms with Crippen molar-refractivity contribution in [3.05, 3.63) is 95.6 Å². The fraction of sp³-hybridized carbons (Fsp3) is 0.133. The van der Waals surface area contributed by atoms with Crippen LogP contribution in [0.15, 0.2) is 73.3 Å². The molecule has 262 valence electrons. The SMILES string of the molecule is CC(=O)[O-].CC(=O)[O-].CC(=O)[O-].CC(=O)[O-].O=C1c2cccnc2-c2ncccc21.O=C1c2cccnc2-c2ncccc21.[Cu+2].[Cu+2].[OH3+].[OH3+]. The quantitative estimate of drug-likeness (QED) is 0.107. The average molecular weight is 766 g/mol. The molecule has 4 heterocycles. The average Bonchev–Trinajstić information content (AvgIpc) is 3.40. The molecule has 0 spiro atoms. The Morgan fingerprint density at radius 3 is 0.729 bits per heavy atom. The summed E-state index contributed by atoms with van der Waals surface area (Å²) in [6, 6.07) is 14.2. The molecule has 0 saturated carbocycles. The van der Waals surface area contributed by atoms with E-state index in [1.807, 2.05) is 0 Å². The van der Waals surface area contributed by atoms with Gasteiger partial charge in [-0.15, -0.1) is 0 Å². The normalized spacial score (nSPS) is 9.33.